The van der Waals surface area contributed by atoms with Crippen LogP contribution in [-0.4, -0.2) is 32.2 Å². The van der Waals surface area contributed by atoms with Crippen molar-refractivity contribution in [2.75, 3.05) is 6.54 Å². The molecule has 3 rings (SSSR count). The van der Waals surface area contributed by atoms with Crippen molar-refractivity contribution in [3.05, 3.63) is 71.1 Å². The fourth-order valence-corrected chi connectivity index (χ4v) is 3.37. The van der Waals surface area contributed by atoms with Gasteiger partial charge in [-0.05, 0) is 37.0 Å². The van der Waals surface area contributed by atoms with Gasteiger partial charge in [0, 0.05) is 18.7 Å². The molecule has 1 N–H and O–H groups in total. The van der Waals surface area contributed by atoms with Gasteiger partial charge in [-0.2, -0.15) is 18.3 Å². The highest BCUT2D eigenvalue weighted by molar-refractivity contribution is 5.95. The number of carbonyl (C=O) groups excluding carboxylic acids is 1. The van der Waals surface area contributed by atoms with E-state index in [1.807, 2.05) is 13.8 Å². The maximum atomic E-state index is 13.0. The van der Waals surface area contributed by atoms with Crippen LogP contribution in [0.15, 0.2) is 42.9 Å². The molecule has 0 aliphatic carbocycles. The van der Waals surface area contributed by atoms with Gasteiger partial charge in [-0.15, -0.1) is 0 Å². The summed E-state index contributed by atoms with van der Waals surface area (Å²) in [7, 11) is 0. The number of alkyl halides is 3. The van der Waals surface area contributed by atoms with Gasteiger partial charge in [0.05, 0.1) is 29.2 Å². The minimum absolute atomic E-state index is 0.121. The van der Waals surface area contributed by atoms with Crippen LogP contribution >= 0.6 is 0 Å². The molecule has 1 amide bonds. The van der Waals surface area contributed by atoms with Gasteiger partial charge < -0.3 is 5.32 Å². The number of nitrogens with one attached hydrogen (secondary N) is 1. The Kier molecular flexibility index (Phi) is 6.90. The third-order valence-corrected chi connectivity index (χ3v) is 4.93. The quantitative estimate of drug-likeness (QED) is 0.532. The summed E-state index contributed by atoms with van der Waals surface area (Å²) in [4.78, 5) is 20.4. The van der Waals surface area contributed by atoms with Crippen molar-refractivity contribution in [3.63, 3.8) is 0 Å². The van der Waals surface area contributed by atoms with Crippen molar-refractivity contribution < 1.29 is 22.4 Å². The van der Waals surface area contributed by atoms with Crippen LogP contribution in [0.4, 0.5) is 17.6 Å². The van der Waals surface area contributed by atoms with E-state index in [4.69, 9.17) is 0 Å². The summed E-state index contributed by atoms with van der Waals surface area (Å²) in [5, 5.41) is 7.05. The molecule has 6 nitrogen and oxygen atoms in total. The molecule has 3 aromatic rings. The van der Waals surface area contributed by atoms with E-state index >= 15 is 0 Å². The van der Waals surface area contributed by atoms with Crippen LogP contribution in [0.25, 0.3) is 5.95 Å². The molecule has 0 bridgehead atoms. The Labute approximate surface area is 182 Å². The van der Waals surface area contributed by atoms with E-state index in [1.165, 1.54) is 23.0 Å². The molecule has 2 aromatic heterocycles. The first-order chi connectivity index (χ1) is 15.0. The van der Waals surface area contributed by atoms with E-state index in [1.54, 1.807) is 6.92 Å². The third kappa shape index (κ3) is 5.68. The minimum Gasteiger partial charge on any atom is -0.351 e. The fraction of sp³-hybridized carbons (Fsp3) is 0.364. The molecular formula is C22H23F4N5O. The zero-order valence-electron chi connectivity index (χ0n) is 17.8. The van der Waals surface area contributed by atoms with Gasteiger partial charge in [0.25, 0.3) is 11.9 Å². The van der Waals surface area contributed by atoms with Crippen LogP contribution in [0.5, 0.6) is 0 Å². The monoisotopic (exact) mass is 449 g/mol. The zero-order chi connectivity index (χ0) is 23.5. The molecular weight excluding hydrogens is 426 g/mol. The van der Waals surface area contributed by atoms with Crippen molar-refractivity contribution in [2.45, 2.75) is 39.3 Å². The molecule has 0 radical (unpaired) electrons. The first kappa shape index (κ1) is 23.4. The summed E-state index contributed by atoms with van der Waals surface area (Å²) in [6.07, 6.45) is -0.258. The van der Waals surface area contributed by atoms with Crippen LogP contribution in [0, 0.1) is 18.7 Å². The number of aromatic nitrogens is 4. The number of nitrogens with zero attached hydrogens (tertiary/aromatic N) is 4. The van der Waals surface area contributed by atoms with Crippen molar-refractivity contribution in [2.24, 2.45) is 5.92 Å². The lowest BCUT2D eigenvalue weighted by molar-refractivity contribution is -0.137. The second-order valence-electron chi connectivity index (χ2n) is 7.93. The van der Waals surface area contributed by atoms with Gasteiger partial charge in [-0.3, -0.25) is 4.79 Å². The van der Waals surface area contributed by atoms with Gasteiger partial charge in [0.2, 0.25) is 0 Å². The molecule has 0 aliphatic heterocycles. The average molecular weight is 449 g/mol. The second kappa shape index (κ2) is 9.46. The molecule has 32 heavy (non-hydrogen) atoms. The molecule has 170 valence electrons. The van der Waals surface area contributed by atoms with Gasteiger partial charge in [-0.25, -0.2) is 19.0 Å². The number of carbonyl (C=O) groups is 1. The molecule has 10 heteroatoms. The SMILES string of the molecule is Cc1nn(-c2ncc(F)cn2)cc1C(=O)NCC(CC(C)C)c1ccc(C(F)(F)F)cc1. The van der Waals surface area contributed by atoms with Gasteiger partial charge >= 0.3 is 6.18 Å². The lowest BCUT2D eigenvalue weighted by Crippen LogP contribution is -2.29. The topological polar surface area (TPSA) is 72.7 Å². The van der Waals surface area contributed by atoms with E-state index < -0.39 is 17.6 Å². The minimum atomic E-state index is -4.40. The van der Waals surface area contributed by atoms with E-state index in [-0.39, 0.29) is 30.2 Å². The Bertz CT molecular complexity index is 1060. The lowest BCUT2D eigenvalue weighted by atomic mass is 9.89. The van der Waals surface area contributed by atoms with Crippen LogP contribution in [0.1, 0.15) is 53.4 Å². The van der Waals surface area contributed by atoms with E-state index in [2.05, 4.69) is 20.4 Å². The predicted molar refractivity (Wildman–Crippen MR) is 110 cm³/mol. The molecule has 0 spiro atoms. The Morgan fingerprint density at radius 2 is 1.75 bits per heavy atom. The highest BCUT2D eigenvalue weighted by Gasteiger charge is 2.30. The summed E-state index contributed by atoms with van der Waals surface area (Å²) in [5.41, 5.74) is 0.748. The molecule has 2 heterocycles. The molecule has 0 saturated heterocycles. The molecule has 1 atom stereocenters. The van der Waals surface area contributed by atoms with E-state index in [9.17, 15) is 22.4 Å². The van der Waals surface area contributed by atoms with Crippen LogP contribution < -0.4 is 5.32 Å². The standard InChI is InChI=1S/C22H23F4N5O/c1-13(2)8-16(15-4-6-17(7-5-15)22(24,25)26)9-27-20(32)19-12-31(30-14(19)3)21-28-10-18(23)11-29-21/h4-7,10-13,16H,8-9H2,1-3H3,(H,27,32). The normalized spacial score (nSPS) is 12.8. The maximum Gasteiger partial charge on any atom is 0.416 e. The highest BCUT2D eigenvalue weighted by Crippen LogP contribution is 2.31. The summed E-state index contributed by atoms with van der Waals surface area (Å²) in [6.45, 7) is 5.92. The Balaban J connectivity index is 1.73. The number of aryl methyl sites for hydroxylation is 1. The number of hydrogen-bond donors (Lipinski definition) is 1. The first-order valence-electron chi connectivity index (χ1n) is 10.0. The zero-order valence-corrected chi connectivity index (χ0v) is 17.8. The molecule has 0 saturated carbocycles. The number of halogens is 4. The third-order valence-electron chi connectivity index (χ3n) is 4.93. The smallest absolute Gasteiger partial charge is 0.351 e. The number of rotatable bonds is 7. The number of hydrogen-bond acceptors (Lipinski definition) is 4. The highest BCUT2D eigenvalue weighted by atomic mass is 19.4. The maximum absolute atomic E-state index is 13.0. The van der Waals surface area contributed by atoms with Crippen molar-refractivity contribution in [1.29, 1.82) is 0 Å². The molecule has 1 unspecified atom stereocenters. The summed E-state index contributed by atoms with van der Waals surface area (Å²) in [6, 6.07) is 5.02. The van der Waals surface area contributed by atoms with Crippen LogP contribution in [-0.2, 0) is 6.18 Å². The summed E-state index contributed by atoms with van der Waals surface area (Å²) >= 11 is 0. The molecule has 0 aliphatic rings. The lowest BCUT2D eigenvalue weighted by Gasteiger charge is -2.21. The largest absolute Gasteiger partial charge is 0.416 e. The summed E-state index contributed by atoms with van der Waals surface area (Å²) in [5.74, 6) is -0.723. The van der Waals surface area contributed by atoms with Crippen LogP contribution in [0.3, 0.4) is 0 Å². The first-order valence-corrected chi connectivity index (χ1v) is 10.0. The molecule has 0 fully saturated rings. The Morgan fingerprint density at radius 1 is 1.12 bits per heavy atom. The molecule has 1 aromatic carbocycles. The van der Waals surface area contributed by atoms with Gasteiger partial charge in [0.1, 0.15) is 0 Å². The van der Waals surface area contributed by atoms with E-state index in [0.29, 0.717) is 17.7 Å². The van der Waals surface area contributed by atoms with Gasteiger partial charge in [-0.1, -0.05) is 26.0 Å². The van der Waals surface area contributed by atoms with Gasteiger partial charge in [0.15, 0.2) is 5.82 Å². The van der Waals surface area contributed by atoms with Crippen molar-refractivity contribution in [3.8, 4) is 5.95 Å². The fourth-order valence-electron chi connectivity index (χ4n) is 3.37. The average Bonchev–Trinajstić information content (AvgIpc) is 3.12. The van der Waals surface area contributed by atoms with Crippen LogP contribution in [0.2, 0.25) is 0 Å². The van der Waals surface area contributed by atoms with E-state index in [0.717, 1.165) is 30.1 Å². The Morgan fingerprint density at radius 3 is 2.31 bits per heavy atom. The van der Waals surface area contributed by atoms with Crippen molar-refractivity contribution in [1.82, 2.24) is 25.1 Å². The number of amides is 1. The summed E-state index contributed by atoms with van der Waals surface area (Å²) < 4.78 is 52.9. The Hall–Kier alpha value is -3.30. The number of benzene rings is 1. The second-order valence-corrected chi connectivity index (χ2v) is 7.93. The van der Waals surface area contributed by atoms with Crippen molar-refractivity contribution >= 4 is 5.91 Å². The predicted octanol–water partition coefficient (Wildman–Crippen LogP) is 4.69.